The molecule has 1 atom stereocenters. The molecule has 1 fully saturated rings. The zero-order valence-electron chi connectivity index (χ0n) is 21.3. The molecule has 1 aliphatic rings. The van der Waals surface area contributed by atoms with Crippen LogP contribution in [0.3, 0.4) is 0 Å². The summed E-state index contributed by atoms with van der Waals surface area (Å²) in [5.74, 6) is -0.894. The Hall–Kier alpha value is -3.55. The van der Waals surface area contributed by atoms with Gasteiger partial charge in [0.15, 0.2) is 0 Å². The molecule has 1 saturated carbocycles. The van der Waals surface area contributed by atoms with E-state index in [0.717, 1.165) is 24.0 Å². The summed E-state index contributed by atoms with van der Waals surface area (Å²) >= 11 is 0. The number of nitrogens with one attached hydrogen (secondary N) is 2. The van der Waals surface area contributed by atoms with Crippen molar-refractivity contribution < 1.29 is 24.2 Å². The molecule has 8 heteroatoms. The van der Waals surface area contributed by atoms with E-state index >= 15 is 0 Å². The number of hydrogen-bond donors (Lipinski definition) is 3. The van der Waals surface area contributed by atoms with Crippen molar-refractivity contribution in [1.29, 1.82) is 0 Å². The Morgan fingerprint density at radius 2 is 1.60 bits per heavy atom. The van der Waals surface area contributed by atoms with Crippen LogP contribution < -0.4 is 10.6 Å². The van der Waals surface area contributed by atoms with Crippen molar-refractivity contribution in [3.05, 3.63) is 58.7 Å². The minimum atomic E-state index is -1.07. The zero-order chi connectivity index (χ0) is 25.9. The van der Waals surface area contributed by atoms with Gasteiger partial charge in [-0.15, -0.1) is 0 Å². The quantitative estimate of drug-likeness (QED) is 0.539. The van der Waals surface area contributed by atoms with Gasteiger partial charge in [0.2, 0.25) is 5.91 Å². The van der Waals surface area contributed by atoms with Crippen molar-refractivity contribution in [3.63, 3.8) is 0 Å². The van der Waals surface area contributed by atoms with Gasteiger partial charge in [0.1, 0.15) is 23.9 Å². The van der Waals surface area contributed by atoms with Gasteiger partial charge in [0.25, 0.3) is 5.91 Å². The van der Waals surface area contributed by atoms with Gasteiger partial charge in [-0.25, -0.2) is 4.79 Å². The van der Waals surface area contributed by atoms with Crippen molar-refractivity contribution in [2.24, 2.45) is 0 Å². The monoisotopic (exact) mass is 481 g/mol. The molecular weight excluding hydrogens is 446 g/mol. The molecule has 0 aromatic heterocycles. The first kappa shape index (κ1) is 26.1. The summed E-state index contributed by atoms with van der Waals surface area (Å²) in [5, 5.41) is 16.3. The largest absolute Gasteiger partial charge is 0.507 e. The van der Waals surface area contributed by atoms with E-state index in [1.807, 2.05) is 32.0 Å². The van der Waals surface area contributed by atoms with E-state index in [9.17, 15) is 19.5 Å². The SMILES string of the molecule is Cc1cccc(C(C(=O)Nc2c(C)cccc2C)N(C(=O)CNC(=O)OC(C)(C)C)C2CC2)c1O. The molecule has 0 saturated heterocycles. The topological polar surface area (TPSA) is 108 Å². The van der Waals surface area contributed by atoms with Crippen LogP contribution >= 0.6 is 0 Å². The Bertz CT molecular complexity index is 1100. The Morgan fingerprint density at radius 1 is 1.03 bits per heavy atom. The lowest BCUT2D eigenvalue weighted by Gasteiger charge is -2.32. The molecule has 1 aliphatic carbocycles. The lowest BCUT2D eigenvalue weighted by atomic mass is 9.99. The predicted octanol–water partition coefficient (Wildman–Crippen LogP) is 4.51. The number of nitrogens with zero attached hydrogens (tertiary/aromatic N) is 1. The highest BCUT2D eigenvalue weighted by Gasteiger charge is 2.42. The molecule has 3 rings (SSSR count). The summed E-state index contributed by atoms with van der Waals surface area (Å²) in [6.45, 7) is 10.4. The molecule has 188 valence electrons. The fourth-order valence-electron chi connectivity index (χ4n) is 3.99. The number of ether oxygens (including phenoxy) is 1. The summed E-state index contributed by atoms with van der Waals surface area (Å²) < 4.78 is 5.24. The maximum atomic E-state index is 13.8. The third-order valence-electron chi connectivity index (χ3n) is 5.83. The molecule has 2 aromatic carbocycles. The van der Waals surface area contributed by atoms with Gasteiger partial charge >= 0.3 is 6.09 Å². The lowest BCUT2D eigenvalue weighted by Crippen LogP contribution is -2.47. The smallest absolute Gasteiger partial charge is 0.408 e. The van der Waals surface area contributed by atoms with Gasteiger partial charge < -0.3 is 25.4 Å². The van der Waals surface area contributed by atoms with Crippen molar-refractivity contribution >= 4 is 23.6 Å². The molecule has 0 heterocycles. The highest BCUT2D eigenvalue weighted by molar-refractivity contribution is 6.00. The number of amides is 3. The second-order valence-electron chi connectivity index (χ2n) is 10.1. The Balaban J connectivity index is 1.94. The number of alkyl carbamates (subject to hydrolysis) is 1. The van der Waals surface area contributed by atoms with Crippen molar-refractivity contribution in [1.82, 2.24) is 10.2 Å². The van der Waals surface area contributed by atoms with Gasteiger partial charge in [-0.3, -0.25) is 9.59 Å². The van der Waals surface area contributed by atoms with Gasteiger partial charge in [-0.05, 0) is 71.1 Å². The highest BCUT2D eigenvalue weighted by atomic mass is 16.6. The van der Waals surface area contributed by atoms with Crippen LogP contribution in [-0.2, 0) is 14.3 Å². The number of phenols is 1. The van der Waals surface area contributed by atoms with Crippen LogP contribution in [0.15, 0.2) is 36.4 Å². The van der Waals surface area contributed by atoms with E-state index in [2.05, 4.69) is 10.6 Å². The third kappa shape index (κ3) is 6.53. The maximum absolute atomic E-state index is 13.8. The van der Waals surface area contributed by atoms with Crippen LogP contribution in [0.2, 0.25) is 0 Å². The fourth-order valence-corrected chi connectivity index (χ4v) is 3.99. The van der Waals surface area contributed by atoms with Gasteiger partial charge in [-0.1, -0.05) is 36.4 Å². The van der Waals surface area contributed by atoms with Gasteiger partial charge in [0.05, 0.1) is 0 Å². The Labute approximate surface area is 206 Å². The summed E-state index contributed by atoms with van der Waals surface area (Å²) in [5.41, 5.74) is 2.69. The maximum Gasteiger partial charge on any atom is 0.408 e. The average molecular weight is 482 g/mol. The second-order valence-corrected chi connectivity index (χ2v) is 10.1. The van der Waals surface area contributed by atoms with E-state index in [1.165, 1.54) is 4.90 Å². The first-order valence-corrected chi connectivity index (χ1v) is 11.8. The zero-order valence-corrected chi connectivity index (χ0v) is 21.3. The van der Waals surface area contributed by atoms with E-state index in [1.54, 1.807) is 45.9 Å². The van der Waals surface area contributed by atoms with Crippen molar-refractivity contribution in [2.45, 2.75) is 72.1 Å². The van der Waals surface area contributed by atoms with Crippen LogP contribution in [0.1, 0.15) is 61.9 Å². The number of phenolic OH excluding ortho intramolecular Hbond substituents is 1. The van der Waals surface area contributed by atoms with Crippen LogP contribution in [0.5, 0.6) is 5.75 Å². The molecule has 35 heavy (non-hydrogen) atoms. The second kappa shape index (κ2) is 10.4. The van der Waals surface area contributed by atoms with E-state index < -0.39 is 29.6 Å². The van der Waals surface area contributed by atoms with Gasteiger partial charge in [0, 0.05) is 17.3 Å². The first-order valence-electron chi connectivity index (χ1n) is 11.8. The fraction of sp³-hybridized carbons (Fsp3) is 0.444. The number of hydrogen-bond acceptors (Lipinski definition) is 5. The number of anilines is 1. The van der Waals surface area contributed by atoms with Crippen LogP contribution in [0.25, 0.3) is 0 Å². The number of benzene rings is 2. The Kier molecular flexibility index (Phi) is 7.73. The van der Waals surface area contributed by atoms with Crippen LogP contribution in [0.4, 0.5) is 10.5 Å². The molecule has 8 nitrogen and oxygen atoms in total. The van der Waals surface area contributed by atoms with E-state index in [4.69, 9.17) is 4.74 Å². The molecule has 0 bridgehead atoms. The molecule has 2 aromatic rings. The van der Waals surface area contributed by atoms with Crippen molar-refractivity contribution in [3.8, 4) is 5.75 Å². The Morgan fingerprint density at radius 3 is 2.17 bits per heavy atom. The standard InChI is InChI=1S/C27H35N3O5/c1-16-9-7-10-17(2)22(16)29-25(33)23(20-12-8-11-18(3)24(20)32)30(19-13-14-19)21(31)15-28-26(34)35-27(4,5)6/h7-12,19,23,32H,13-15H2,1-6H3,(H,28,34)(H,29,33). The molecule has 3 N–H and O–H groups in total. The minimum Gasteiger partial charge on any atom is -0.507 e. The van der Waals surface area contributed by atoms with E-state index in [-0.39, 0.29) is 18.3 Å². The number of para-hydroxylation sites is 2. The van der Waals surface area contributed by atoms with Crippen LogP contribution in [0, 0.1) is 20.8 Å². The first-order chi connectivity index (χ1) is 16.4. The summed E-state index contributed by atoms with van der Waals surface area (Å²) in [4.78, 5) is 40.8. The van der Waals surface area contributed by atoms with Crippen molar-refractivity contribution in [2.75, 3.05) is 11.9 Å². The number of carbonyl (C=O) groups excluding carboxylic acids is 3. The molecule has 1 unspecified atom stereocenters. The number of aryl methyl sites for hydroxylation is 3. The molecular formula is C27H35N3O5. The summed E-state index contributed by atoms with van der Waals surface area (Å²) in [6.07, 6.45) is 0.757. The normalized spacial score (nSPS) is 14.1. The average Bonchev–Trinajstić information content (AvgIpc) is 3.59. The highest BCUT2D eigenvalue weighted by Crippen LogP contribution is 2.39. The molecule has 0 spiro atoms. The number of aromatic hydroxyl groups is 1. The molecule has 0 radical (unpaired) electrons. The number of rotatable bonds is 7. The minimum absolute atomic E-state index is 0.0345. The summed E-state index contributed by atoms with van der Waals surface area (Å²) in [7, 11) is 0. The van der Waals surface area contributed by atoms with Gasteiger partial charge in [-0.2, -0.15) is 0 Å². The summed E-state index contributed by atoms with van der Waals surface area (Å²) in [6, 6.07) is 9.61. The predicted molar refractivity (Wildman–Crippen MR) is 134 cm³/mol. The number of carbonyl (C=O) groups is 3. The third-order valence-corrected chi connectivity index (χ3v) is 5.83. The lowest BCUT2D eigenvalue weighted by molar-refractivity contribution is -0.139. The van der Waals surface area contributed by atoms with E-state index in [0.29, 0.717) is 16.8 Å². The van der Waals surface area contributed by atoms with Crippen LogP contribution in [-0.4, -0.2) is 46.1 Å². The molecule has 0 aliphatic heterocycles. The molecule has 3 amide bonds.